The van der Waals surface area contributed by atoms with Crippen molar-refractivity contribution in [3.8, 4) is 0 Å². The van der Waals surface area contributed by atoms with E-state index in [-0.39, 0.29) is 11.9 Å². The molecular formula is C14H13N3O2. The molecule has 1 aliphatic heterocycles. The molecule has 1 N–H and O–H groups in total. The Morgan fingerprint density at radius 3 is 2.84 bits per heavy atom. The van der Waals surface area contributed by atoms with Crippen LogP contribution in [0.15, 0.2) is 36.5 Å². The van der Waals surface area contributed by atoms with Crippen molar-refractivity contribution in [3.63, 3.8) is 0 Å². The molecule has 1 atom stereocenters. The zero-order valence-corrected chi connectivity index (χ0v) is 10.5. The third kappa shape index (κ3) is 2.03. The van der Waals surface area contributed by atoms with Crippen LogP contribution in [-0.4, -0.2) is 34.9 Å². The van der Waals surface area contributed by atoms with Crippen LogP contribution < -0.4 is 5.32 Å². The highest BCUT2D eigenvalue weighted by atomic mass is 16.2. The van der Waals surface area contributed by atoms with Crippen molar-refractivity contribution < 1.29 is 9.59 Å². The van der Waals surface area contributed by atoms with Gasteiger partial charge in [0.2, 0.25) is 0 Å². The summed E-state index contributed by atoms with van der Waals surface area (Å²) < 4.78 is 0. The second kappa shape index (κ2) is 4.35. The van der Waals surface area contributed by atoms with E-state index in [2.05, 4.69) is 10.3 Å². The van der Waals surface area contributed by atoms with Crippen LogP contribution >= 0.6 is 0 Å². The van der Waals surface area contributed by atoms with Gasteiger partial charge in [-0.25, -0.2) is 4.79 Å². The molecule has 5 nitrogen and oxygen atoms in total. The van der Waals surface area contributed by atoms with E-state index < -0.39 is 6.04 Å². The number of rotatable bonds is 2. The number of amides is 3. The van der Waals surface area contributed by atoms with Gasteiger partial charge in [0.1, 0.15) is 6.04 Å². The minimum absolute atomic E-state index is 0.196. The number of carbonyl (C=O) groups excluding carboxylic acids is 2. The highest BCUT2D eigenvalue weighted by Crippen LogP contribution is 2.15. The van der Waals surface area contributed by atoms with Crippen molar-refractivity contribution in [2.24, 2.45) is 0 Å². The summed E-state index contributed by atoms with van der Waals surface area (Å²) in [6.07, 6.45) is 2.22. The molecule has 3 rings (SSSR count). The maximum atomic E-state index is 11.8. The summed E-state index contributed by atoms with van der Waals surface area (Å²) in [6.45, 7) is 0. The quantitative estimate of drug-likeness (QED) is 0.823. The Hall–Kier alpha value is -2.43. The average molecular weight is 255 g/mol. The standard InChI is InChI=1S/C14H13N3O2/c1-17-13(18)12(16-14(17)19)7-9-6-10-4-2-3-5-11(10)15-8-9/h2-6,8,12H,7H2,1H3,(H,16,19). The molecule has 0 radical (unpaired) electrons. The number of para-hydroxylation sites is 1. The molecule has 0 bridgehead atoms. The van der Waals surface area contributed by atoms with Gasteiger partial charge in [0, 0.05) is 25.1 Å². The molecule has 0 spiro atoms. The number of carbonyl (C=O) groups is 2. The number of benzene rings is 1. The largest absolute Gasteiger partial charge is 0.325 e. The predicted molar refractivity (Wildman–Crippen MR) is 70.5 cm³/mol. The molecule has 2 heterocycles. The molecule has 1 unspecified atom stereocenters. The van der Waals surface area contributed by atoms with Crippen molar-refractivity contribution in [1.82, 2.24) is 15.2 Å². The van der Waals surface area contributed by atoms with Gasteiger partial charge in [-0.05, 0) is 17.7 Å². The van der Waals surface area contributed by atoms with E-state index in [1.165, 1.54) is 7.05 Å². The zero-order chi connectivity index (χ0) is 13.4. The van der Waals surface area contributed by atoms with Gasteiger partial charge in [0.15, 0.2) is 0 Å². The number of hydrogen-bond donors (Lipinski definition) is 1. The number of aromatic nitrogens is 1. The van der Waals surface area contributed by atoms with Gasteiger partial charge < -0.3 is 5.32 Å². The van der Waals surface area contributed by atoms with Gasteiger partial charge >= 0.3 is 6.03 Å². The number of hydrogen-bond acceptors (Lipinski definition) is 3. The number of nitrogens with zero attached hydrogens (tertiary/aromatic N) is 2. The van der Waals surface area contributed by atoms with Gasteiger partial charge in [0.25, 0.3) is 5.91 Å². The van der Waals surface area contributed by atoms with Crippen LogP contribution in [0, 0.1) is 0 Å². The van der Waals surface area contributed by atoms with E-state index in [0.717, 1.165) is 21.4 Å². The SMILES string of the molecule is CN1C(=O)NC(Cc2cnc3ccccc3c2)C1=O. The lowest BCUT2D eigenvalue weighted by Crippen LogP contribution is -2.31. The van der Waals surface area contributed by atoms with Crippen LogP contribution in [0.25, 0.3) is 10.9 Å². The zero-order valence-electron chi connectivity index (χ0n) is 10.5. The summed E-state index contributed by atoms with van der Waals surface area (Å²) >= 11 is 0. The van der Waals surface area contributed by atoms with Crippen LogP contribution in [0.5, 0.6) is 0 Å². The molecule has 1 saturated heterocycles. The van der Waals surface area contributed by atoms with Crippen molar-refractivity contribution in [2.75, 3.05) is 7.05 Å². The summed E-state index contributed by atoms with van der Waals surface area (Å²) in [6, 6.07) is 8.97. The van der Waals surface area contributed by atoms with Gasteiger partial charge in [-0.3, -0.25) is 14.7 Å². The smallest absolute Gasteiger partial charge is 0.324 e. The normalized spacial score (nSPS) is 19.0. The van der Waals surface area contributed by atoms with Gasteiger partial charge in [-0.1, -0.05) is 18.2 Å². The molecule has 19 heavy (non-hydrogen) atoms. The lowest BCUT2D eigenvalue weighted by atomic mass is 10.1. The van der Waals surface area contributed by atoms with E-state index in [9.17, 15) is 9.59 Å². The average Bonchev–Trinajstić information content (AvgIpc) is 2.66. The van der Waals surface area contributed by atoms with Gasteiger partial charge in [-0.15, -0.1) is 0 Å². The van der Waals surface area contributed by atoms with Crippen molar-refractivity contribution in [1.29, 1.82) is 0 Å². The fraction of sp³-hybridized carbons (Fsp3) is 0.214. The fourth-order valence-electron chi connectivity index (χ4n) is 2.24. The van der Waals surface area contributed by atoms with E-state index in [1.54, 1.807) is 6.20 Å². The number of nitrogens with one attached hydrogen (secondary N) is 1. The Morgan fingerprint density at radius 1 is 1.32 bits per heavy atom. The number of imide groups is 1. The number of fused-ring (bicyclic) bond motifs is 1. The first-order valence-corrected chi connectivity index (χ1v) is 6.07. The topological polar surface area (TPSA) is 62.3 Å². The Labute approximate surface area is 110 Å². The number of pyridine rings is 1. The summed E-state index contributed by atoms with van der Waals surface area (Å²) in [7, 11) is 1.48. The maximum absolute atomic E-state index is 11.8. The first-order chi connectivity index (χ1) is 9.15. The Bertz CT molecular complexity index is 669. The summed E-state index contributed by atoms with van der Waals surface area (Å²) in [5, 5.41) is 3.69. The second-order valence-corrected chi connectivity index (χ2v) is 4.64. The first kappa shape index (κ1) is 11.6. The summed E-state index contributed by atoms with van der Waals surface area (Å²) in [4.78, 5) is 28.6. The first-order valence-electron chi connectivity index (χ1n) is 6.07. The number of likely N-dealkylation sites (N-methyl/N-ethyl adjacent to an activating group) is 1. The Balaban J connectivity index is 1.86. The van der Waals surface area contributed by atoms with Gasteiger partial charge in [0.05, 0.1) is 5.52 Å². The minimum atomic E-state index is -0.486. The monoisotopic (exact) mass is 255 g/mol. The van der Waals surface area contributed by atoms with Crippen molar-refractivity contribution in [3.05, 3.63) is 42.1 Å². The molecule has 0 saturated carbocycles. The Kier molecular flexibility index (Phi) is 2.67. The molecule has 2 aromatic rings. The third-order valence-electron chi connectivity index (χ3n) is 3.32. The van der Waals surface area contributed by atoms with Crippen molar-refractivity contribution in [2.45, 2.75) is 12.5 Å². The van der Waals surface area contributed by atoms with Gasteiger partial charge in [-0.2, -0.15) is 0 Å². The second-order valence-electron chi connectivity index (χ2n) is 4.64. The molecule has 1 aromatic carbocycles. The highest BCUT2D eigenvalue weighted by molar-refractivity contribution is 6.04. The molecule has 1 fully saturated rings. The van der Waals surface area contributed by atoms with Crippen LogP contribution in [0.4, 0.5) is 4.79 Å². The molecular weight excluding hydrogens is 242 g/mol. The molecule has 3 amide bonds. The number of urea groups is 1. The summed E-state index contributed by atoms with van der Waals surface area (Å²) in [5.74, 6) is -0.196. The van der Waals surface area contributed by atoms with E-state index in [4.69, 9.17) is 0 Å². The van der Waals surface area contributed by atoms with Crippen LogP contribution in [0.1, 0.15) is 5.56 Å². The van der Waals surface area contributed by atoms with Crippen molar-refractivity contribution >= 4 is 22.8 Å². The van der Waals surface area contributed by atoms with Crippen LogP contribution in [-0.2, 0) is 11.2 Å². The lowest BCUT2D eigenvalue weighted by molar-refractivity contribution is -0.126. The van der Waals surface area contributed by atoms with Crippen LogP contribution in [0.2, 0.25) is 0 Å². The van der Waals surface area contributed by atoms with E-state index >= 15 is 0 Å². The maximum Gasteiger partial charge on any atom is 0.324 e. The lowest BCUT2D eigenvalue weighted by Gasteiger charge is -2.08. The Morgan fingerprint density at radius 2 is 2.11 bits per heavy atom. The third-order valence-corrected chi connectivity index (χ3v) is 3.32. The van der Waals surface area contributed by atoms with E-state index in [1.807, 2.05) is 30.3 Å². The molecule has 5 heteroatoms. The molecule has 1 aliphatic rings. The van der Waals surface area contributed by atoms with Crippen LogP contribution in [0.3, 0.4) is 0 Å². The fourth-order valence-corrected chi connectivity index (χ4v) is 2.24. The summed E-state index contributed by atoms with van der Waals surface area (Å²) in [5.41, 5.74) is 1.86. The minimum Gasteiger partial charge on any atom is -0.325 e. The molecule has 96 valence electrons. The molecule has 1 aromatic heterocycles. The molecule has 0 aliphatic carbocycles. The highest BCUT2D eigenvalue weighted by Gasteiger charge is 2.35. The van der Waals surface area contributed by atoms with E-state index in [0.29, 0.717) is 6.42 Å². The predicted octanol–water partition coefficient (Wildman–Crippen LogP) is 1.33.